The monoisotopic (exact) mass is 311 g/mol. The van der Waals surface area contributed by atoms with Crippen LogP contribution in [0.4, 0.5) is 0 Å². The number of nitrogens with one attached hydrogen (secondary N) is 1. The van der Waals surface area contributed by atoms with Gasteiger partial charge < -0.3 is 10.1 Å². The van der Waals surface area contributed by atoms with E-state index in [1.165, 1.54) is 28.0 Å². The van der Waals surface area contributed by atoms with E-state index in [1.54, 1.807) is 0 Å². The first-order chi connectivity index (χ1) is 10.9. The van der Waals surface area contributed by atoms with Gasteiger partial charge in [-0.25, -0.2) is 0 Å². The molecule has 0 bridgehead atoms. The Bertz CT molecular complexity index is 604. The molecule has 0 amide bonds. The summed E-state index contributed by atoms with van der Waals surface area (Å²) < 4.78 is 6.59. The Morgan fingerprint density at radius 3 is 2.68 bits per heavy atom. The maximum atomic E-state index is 6.59. The van der Waals surface area contributed by atoms with E-state index in [-0.39, 0.29) is 6.10 Å². The van der Waals surface area contributed by atoms with Gasteiger partial charge in [0.25, 0.3) is 0 Å². The van der Waals surface area contributed by atoms with Crippen molar-refractivity contribution in [3.8, 4) is 0 Å². The minimum absolute atomic E-state index is 0.0623. The molecule has 2 aliphatic rings. The van der Waals surface area contributed by atoms with Crippen LogP contribution in [0.2, 0.25) is 0 Å². The Kier molecular flexibility index (Phi) is 4.20. The van der Waals surface area contributed by atoms with Gasteiger partial charge in [0.15, 0.2) is 0 Å². The fourth-order valence-electron chi connectivity index (χ4n) is 3.35. The molecule has 2 heterocycles. The third-order valence-corrected chi connectivity index (χ3v) is 5.64. The topological polar surface area (TPSA) is 21.3 Å². The molecule has 3 heteroatoms. The van der Waals surface area contributed by atoms with Crippen LogP contribution in [-0.2, 0) is 10.5 Å². The second-order valence-corrected chi connectivity index (χ2v) is 7.03. The second kappa shape index (κ2) is 6.45. The molecule has 1 saturated heterocycles. The quantitative estimate of drug-likeness (QED) is 0.900. The van der Waals surface area contributed by atoms with Gasteiger partial charge >= 0.3 is 0 Å². The molecule has 0 aromatic heterocycles. The summed E-state index contributed by atoms with van der Waals surface area (Å²) >= 11 is 1.92. The average molecular weight is 311 g/mol. The predicted octanol–water partition coefficient (Wildman–Crippen LogP) is 4.15. The van der Waals surface area contributed by atoms with E-state index >= 15 is 0 Å². The lowest BCUT2D eigenvalue weighted by atomic mass is 9.97. The van der Waals surface area contributed by atoms with Crippen molar-refractivity contribution in [1.29, 1.82) is 0 Å². The molecule has 2 nitrogen and oxygen atoms in total. The number of hydrogen-bond donors (Lipinski definition) is 1. The van der Waals surface area contributed by atoms with Crippen LogP contribution in [0.1, 0.15) is 35.6 Å². The van der Waals surface area contributed by atoms with Crippen LogP contribution in [0, 0.1) is 0 Å². The molecule has 0 spiro atoms. The van der Waals surface area contributed by atoms with Crippen LogP contribution in [0.15, 0.2) is 53.4 Å². The molecule has 4 rings (SSSR count). The summed E-state index contributed by atoms with van der Waals surface area (Å²) in [6.45, 7) is 2.08. The minimum atomic E-state index is 0.0623. The molecule has 0 radical (unpaired) electrons. The Labute approximate surface area is 136 Å². The Balaban J connectivity index is 1.73. The summed E-state index contributed by atoms with van der Waals surface area (Å²) in [5, 5.41) is 3.46. The summed E-state index contributed by atoms with van der Waals surface area (Å²) in [6, 6.07) is 17.4. The fraction of sp³-hybridized carbons (Fsp3) is 0.368. The highest BCUT2D eigenvalue weighted by Crippen LogP contribution is 2.41. The standard InChI is InChI=1S/C19H21NOS/c1-2-8-16-14(6-1)13-22-18-10-4-3-9-17(18)19(16)21-15-7-5-11-20-12-15/h1-4,6,8-10,15,19-20H,5,7,11-13H2. The van der Waals surface area contributed by atoms with Crippen LogP contribution in [0.5, 0.6) is 0 Å². The molecule has 2 atom stereocenters. The highest BCUT2D eigenvalue weighted by Gasteiger charge is 2.27. The molecule has 22 heavy (non-hydrogen) atoms. The zero-order valence-electron chi connectivity index (χ0n) is 12.6. The molecule has 114 valence electrons. The largest absolute Gasteiger partial charge is 0.364 e. The minimum Gasteiger partial charge on any atom is -0.364 e. The summed E-state index contributed by atoms with van der Waals surface area (Å²) in [6.07, 6.45) is 2.73. The van der Waals surface area contributed by atoms with Gasteiger partial charge in [-0.05, 0) is 42.1 Å². The third kappa shape index (κ3) is 2.81. The SMILES string of the molecule is c1ccc2c(c1)CSc1ccccc1C2OC1CCCNC1. The molecular formula is C19H21NOS. The number of benzene rings is 2. The van der Waals surface area contributed by atoms with E-state index in [1.807, 2.05) is 11.8 Å². The molecule has 1 N–H and O–H groups in total. The lowest BCUT2D eigenvalue weighted by Gasteiger charge is -2.29. The van der Waals surface area contributed by atoms with Gasteiger partial charge in [0.2, 0.25) is 0 Å². The zero-order chi connectivity index (χ0) is 14.8. The van der Waals surface area contributed by atoms with Crippen LogP contribution in [0.25, 0.3) is 0 Å². The van der Waals surface area contributed by atoms with Crippen molar-refractivity contribution < 1.29 is 4.74 Å². The fourth-order valence-corrected chi connectivity index (χ4v) is 4.44. The van der Waals surface area contributed by atoms with E-state index in [2.05, 4.69) is 53.8 Å². The van der Waals surface area contributed by atoms with E-state index in [9.17, 15) is 0 Å². The molecular weight excluding hydrogens is 290 g/mol. The van der Waals surface area contributed by atoms with Crippen molar-refractivity contribution in [3.63, 3.8) is 0 Å². The second-order valence-electron chi connectivity index (χ2n) is 6.01. The Morgan fingerprint density at radius 1 is 1.00 bits per heavy atom. The average Bonchev–Trinajstić information content (AvgIpc) is 2.74. The Morgan fingerprint density at radius 2 is 1.82 bits per heavy atom. The number of thioether (sulfide) groups is 1. The number of ether oxygens (including phenoxy) is 1. The smallest absolute Gasteiger partial charge is 0.109 e. The first-order valence-corrected chi connectivity index (χ1v) is 9.06. The maximum absolute atomic E-state index is 6.59. The van der Waals surface area contributed by atoms with Gasteiger partial charge in [-0.15, -0.1) is 11.8 Å². The summed E-state index contributed by atoms with van der Waals surface area (Å²) in [5.41, 5.74) is 4.06. The van der Waals surface area contributed by atoms with Crippen LogP contribution in [0.3, 0.4) is 0 Å². The molecule has 2 aliphatic heterocycles. The van der Waals surface area contributed by atoms with E-state index < -0.39 is 0 Å². The van der Waals surface area contributed by atoms with Crippen molar-refractivity contribution in [2.24, 2.45) is 0 Å². The molecule has 0 saturated carbocycles. The van der Waals surface area contributed by atoms with Crippen LogP contribution < -0.4 is 5.32 Å². The number of fused-ring (bicyclic) bond motifs is 2. The van der Waals surface area contributed by atoms with Crippen molar-refractivity contribution in [1.82, 2.24) is 5.32 Å². The summed E-state index contributed by atoms with van der Waals surface area (Å²) in [7, 11) is 0. The van der Waals surface area contributed by atoms with Crippen molar-refractivity contribution in [2.45, 2.75) is 35.7 Å². The molecule has 2 unspecified atom stereocenters. The van der Waals surface area contributed by atoms with E-state index in [4.69, 9.17) is 4.74 Å². The molecule has 2 aromatic carbocycles. The number of rotatable bonds is 2. The van der Waals surface area contributed by atoms with Crippen molar-refractivity contribution in [2.75, 3.05) is 13.1 Å². The number of piperidine rings is 1. The van der Waals surface area contributed by atoms with Gasteiger partial charge in [-0.1, -0.05) is 42.5 Å². The molecule has 2 aromatic rings. The maximum Gasteiger partial charge on any atom is 0.109 e. The van der Waals surface area contributed by atoms with Crippen LogP contribution in [-0.4, -0.2) is 19.2 Å². The van der Waals surface area contributed by atoms with E-state index in [0.717, 1.165) is 25.3 Å². The normalized spacial score (nSPS) is 24.2. The van der Waals surface area contributed by atoms with E-state index in [0.29, 0.717) is 6.10 Å². The third-order valence-electron chi connectivity index (χ3n) is 4.50. The van der Waals surface area contributed by atoms with Gasteiger partial charge in [-0.2, -0.15) is 0 Å². The van der Waals surface area contributed by atoms with Gasteiger partial charge in [-0.3, -0.25) is 0 Å². The zero-order valence-corrected chi connectivity index (χ0v) is 13.4. The first-order valence-electron chi connectivity index (χ1n) is 8.07. The number of hydrogen-bond acceptors (Lipinski definition) is 3. The Hall–Kier alpha value is -1.29. The first kappa shape index (κ1) is 14.3. The van der Waals surface area contributed by atoms with Crippen LogP contribution >= 0.6 is 11.8 Å². The summed E-state index contributed by atoms with van der Waals surface area (Å²) in [5.74, 6) is 1.02. The van der Waals surface area contributed by atoms with Gasteiger partial charge in [0, 0.05) is 17.2 Å². The molecule has 0 aliphatic carbocycles. The predicted molar refractivity (Wildman–Crippen MR) is 91.3 cm³/mol. The lowest BCUT2D eigenvalue weighted by Crippen LogP contribution is -2.36. The van der Waals surface area contributed by atoms with Gasteiger partial charge in [0.1, 0.15) is 6.10 Å². The highest BCUT2D eigenvalue weighted by molar-refractivity contribution is 7.98. The van der Waals surface area contributed by atoms with Crippen molar-refractivity contribution >= 4 is 11.8 Å². The summed E-state index contributed by atoms with van der Waals surface area (Å²) in [4.78, 5) is 1.35. The van der Waals surface area contributed by atoms with Gasteiger partial charge in [0.05, 0.1) is 6.10 Å². The lowest BCUT2D eigenvalue weighted by molar-refractivity contribution is -0.00552. The van der Waals surface area contributed by atoms with Crippen molar-refractivity contribution in [3.05, 3.63) is 65.2 Å². The highest BCUT2D eigenvalue weighted by atomic mass is 32.2. The molecule has 1 fully saturated rings.